The van der Waals surface area contributed by atoms with Crippen LogP contribution in [0.4, 0.5) is 11.4 Å². The molecule has 2 aromatic rings. The third kappa shape index (κ3) is 7.56. The van der Waals surface area contributed by atoms with Crippen LogP contribution in [0.15, 0.2) is 48.8 Å². The van der Waals surface area contributed by atoms with Gasteiger partial charge in [0.15, 0.2) is 0 Å². The molecule has 1 amide bonds. The van der Waals surface area contributed by atoms with Crippen LogP contribution in [-0.4, -0.2) is 32.7 Å². The standard InChI is InChI=1S/C20H23N3O3.C2H4O2/c24-19(22-26)11-8-15-6-9-17(10-7-15)21-18-12-13-23(14-18)20(25)16-4-2-1-3-5-16;1-2(3)4/h6-14,16,21,26H,1-5H2,(H,22,24);1H3,(H,3,4). The molecule has 1 heterocycles. The predicted molar refractivity (Wildman–Crippen MR) is 114 cm³/mol. The van der Waals surface area contributed by atoms with Gasteiger partial charge in [0.1, 0.15) is 0 Å². The Morgan fingerprint density at radius 2 is 1.67 bits per heavy atom. The van der Waals surface area contributed by atoms with Crippen molar-refractivity contribution >= 4 is 35.2 Å². The quantitative estimate of drug-likeness (QED) is 0.333. The number of aromatic nitrogens is 1. The summed E-state index contributed by atoms with van der Waals surface area (Å²) in [5, 5.41) is 19.1. The summed E-state index contributed by atoms with van der Waals surface area (Å²) in [6, 6.07) is 9.37. The number of amides is 1. The monoisotopic (exact) mass is 413 g/mol. The van der Waals surface area contributed by atoms with E-state index in [0.717, 1.165) is 49.5 Å². The summed E-state index contributed by atoms with van der Waals surface area (Å²) in [7, 11) is 0. The van der Waals surface area contributed by atoms with E-state index in [-0.39, 0.29) is 11.8 Å². The zero-order valence-electron chi connectivity index (χ0n) is 16.9. The van der Waals surface area contributed by atoms with Gasteiger partial charge in [-0.1, -0.05) is 31.4 Å². The molecule has 0 radical (unpaired) electrons. The molecule has 0 aliphatic heterocycles. The summed E-state index contributed by atoms with van der Waals surface area (Å²) in [5.74, 6) is -1.08. The molecule has 0 spiro atoms. The fraction of sp³-hybridized carbons (Fsp3) is 0.318. The molecule has 0 saturated heterocycles. The predicted octanol–water partition coefficient (Wildman–Crippen LogP) is 4.06. The van der Waals surface area contributed by atoms with Crippen LogP contribution in [-0.2, 0) is 9.59 Å². The minimum atomic E-state index is -0.833. The highest BCUT2D eigenvalue weighted by molar-refractivity contribution is 5.90. The third-order valence-corrected chi connectivity index (χ3v) is 4.64. The molecule has 1 fully saturated rings. The van der Waals surface area contributed by atoms with E-state index in [4.69, 9.17) is 15.1 Å². The van der Waals surface area contributed by atoms with E-state index in [0.29, 0.717) is 0 Å². The van der Waals surface area contributed by atoms with Gasteiger partial charge in [-0.25, -0.2) is 5.48 Å². The van der Waals surface area contributed by atoms with Crippen LogP contribution < -0.4 is 10.8 Å². The largest absolute Gasteiger partial charge is 0.481 e. The highest BCUT2D eigenvalue weighted by Gasteiger charge is 2.22. The van der Waals surface area contributed by atoms with Crippen molar-refractivity contribution in [2.75, 3.05) is 5.32 Å². The van der Waals surface area contributed by atoms with Gasteiger partial charge in [-0.2, -0.15) is 0 Å². The Morgan fingerprint density at radius 1 is 1.03 bits per heavy atom. The Kier molecular flexibility index (Phi) is 8.83. The van der Waals surface area contributed by atoms with Crippen LogP contribution >= 0.6 is 0 Å². The lowest BCUT2D eigenvalue weighted by Gasteiger charge is -2.20. The van der Waals surface area contributed by atoms with E-state index in [1.165, 1.54) is 12.5 Å². The molecule has 0 unspecified atom stereocenters. The number of benzene rings is 1. The van der Waals surface area contributed by atoms with E-state index in [2.05, 4.69) is 5.32 Å². The van der Waals surface area contributed by atoms with Crippen molar-refractivity contribution in [2.24, 2.45) is 5.92 Å². The second kappa shape index (κ2) is 11.6. The van der Waals surface area contributed by atoms with Crippen LogP contribution in [0, 0.1) is 5.92 Å². The van der Waals surface area contributed by atoms with Crippen molar-refractivity contribution in [3.8, 4) is 0 Å². The molecule has 1 aliphatic carbocycles. The summed E-state index contributed by atoms with van der Waals surface area (Å²) in [6.45, 7) is 1.08. The van der Waals surface area contributed by atoms with Gasteiger partial charge < -0.3 is 10.4 Å². The lowest BCUT2D eigenvalue weighted by molar-refractivity contribution is -0.134. The number of nitrogens with zero attached hydrogens (tertiary/aromatic N) is 1. The first kappa shape index (κ1) is 22.9. The number of hydroxylamine groups is 1. The fourth-order valence-corrected chi connectivity index (χ4v) is 3.22. The normalized spacial score (nSPS) is 13.9. The molecular formula is C22H27N3O5. The number of anilines is 2. The van der Waals surface area contributed by atoms with Crippen molar-refractivity contribution in [1.29, 1.82) is 0 Å². The van der Waals surface area contributed by atoms with E-state index in [1.54, 1.807) is 16.1 Å². The van der Waals surface area contributed by atoms with Crippen LogP contribution in [0.25, 0.3) is 6.08 Å². The summed E-state index contributed by atoms with van der Waals surface area (Å²) >= 11 is 0. The summed E-state index contributed by atoms with van der Waals surface area (Å²) in [6.07, 6.45) is 12.0. The molecule has 1 aromatic carbocycles. The summed E-state index contributed by atoms with van der Waals surface area (Å²) in [5.41, 5.74) is 4.13. The second-order valence-electron chi connectivity index (χ2n) is 7.06. The first-order valence-electron chi connectivity index (χ1n) is 9.80. The number of nitrogens with one attached hydrogen (secondary N) is 2. The van der Waals surface area contributed by atoms with Crippen LogP contribution in [0.1, 0.15) is 49.4 Å². The summed E-state index contributed by atoms with van der Waals surface area (Å²) < 4.78 is 1.68. The van der Waals surface area contributed by atoms with E-state index in [1.807, 2.05) is 42.7 Å². The molecule has 8 heteroatoms. The molecule has 0 bridgehead atoms. The summed E-state index contributed by atoms with van der Waals surface area (Å²) in [4.78, 5) is 32.5. The van der Waals surface area contributed by atoms with Gasteiger partial charge in [-0.05, 0) is 42.7 Å². The Hall–Kier alpha value is -3.39. The molecule has 3 rings (SSSR count). The number of hydrogen-bond acceptors (Lipinski definition) is 5. The average molecular weight is 413 g/mol. The minimum absolute atomic E-state index is 0.145. The molecular weight excluding hydrogens is 386 g/mol. The van der Waals surface area contributed by atoms with Gasteiger partial charge in [-0.15, -0.1) is 0 Å². The maximum absolute atomic E-state index is 12.5. The number of hydrogen-bond donors (Lipinski definition) is 4. The lowest BCUT2D eigenvalue weighted by Crippen LogP contribution is -2.22. The Morgan fingerprint density at radius 3 is 2.27 bits per heavy atom. The van der Waals surface area contributed by atoms with Crippen molar-refractivity contribution in [1.82, 2.24) is 10.0 Å². The third-order valence-electron chi connectivity index (χ3n) is 4.64. The molecule has 160 valence electrons. The number of rotatable bonds is 5. The molecule has 1 saturated carbocycles. The average Bonchev–Trinajstić information content (AvgIpc) is 3.21. The lowest BCUT2D eigenvalue weighted by atomic mass is 9.88. The molecule has 1 aromatic heterocycles. The van der Waals surface area contributed by atoms with E-state index >= 15 is 0 Å². The fourth-order valence-electron chi connectivity index (χ4n) is 3.22. The van der Waals surface area contributed by atoms with Gasteiger partial charge in [-0.3, -0.25) is 24.2 Å². The first-order chi connectivity index (χ1) is 14.4. The van der Waals surface area contributed by atoms with Crippen molar-refractivity contribution in [3.05, 3.63) is 54.4 Å². The topological polar surface area (TPSA) is 121 Å². The van der Waals surface area contributed by atoms with Gasteiger partial charge in [0.05, 0.1) is 5.69 Å². The number of carboxylic acid groups (broad SMARTS) is 1. The molecule has 1 aliphatic rings. The van der Waals surface area contributed by atoms with Crippen molar-refractivity contribution < 1.29 is 24.7 Å². The smallest absolute Gasteiger partial charge is 0.300 e. The zero-order chi connectivity index (χ0) is 21.9. The SMILES string of the molecule is CC(=O)O.O=C(C=Cc1ccc(Nc2ccn(C(=O)C3CCCCC3)c2)cc1)NO. The van der Waals surface area contributed by atoms with Gasteiger partial charge >= 0.3 is 0 Å². The molecule has 0 atom stereocenters. The van der Waals surface area contributed by atoms with Crippen LogP contribution in [0.2, 0.25) is 0 Å². The number of carbonyl (C=O) groups is 3. The molecule has 8 nitrogen and oxygen atoms in total. The molecule has 4 N–H and O–H groups in total. The van der Waals surface area contributed by atoms with E-state index < -0.39 is 11.9 Å². The maximum Gasteiger partial charge on any atom is 0.300 e. The highest BCUT2D eigenvalue weighted by Crippen LogP contribution is 2.26. The molecule has 30 heavy (non-hydrogen) atoms. The second-order valence-corrected chi connectivity index (χ2v) is 7.06. The number of carboxylic acids is 1. The Labute approximate surface area is 175 Å². The van der Waals surface area contributed by atoms with Crippen molar-refractivity contribution in [2.45, 2.75) is 39.0 Å². The van der Waals surface area contributed by atoms with Gasteiger partial charge in [0.25, 0.3) is 11.9 Å². The van der Waals surface area contributed by atoms with Gasteiger partial charge in [0.2, 0.25) is 5.91 Å². The van der Waals surface area contributed by atoms with Crippen LogP contribution in [0.5, 0.6) is 0 Å². The zero-order valence-corrected chi connectivity index (χ0v) is 16.9. The Balaban J connectivity index is 0.000000735. The van der Waals surface area contributed by atoms with Gasteiger partial charge in [0, 0.05) is 37.0 Å². The van der Waals surface area contributed by atoms with E-state index in [9.17, 15) is 9.59 Å². The maximum atomic E-state index is 12.5. The number of aliphatic carboxylic acids is 1. The highest BCUT2D eigenvalue weighted by atomic mass is 16.5. The Bertz CT molecular complexity index is 876. The van der Waals surface area contributed by atoms with Crippen molar-refractivity contribution in [3.63, 3.8) is 0 Å². The number of carbonyl (C=O) groups excluding carboxylic acids is 2. The van der Waals surface area contributed by atoms with Crippen LogP contribution in [0.3, 0.4) is 0 Å². The minimum Gasteiger partial charge on any atom is -0.481 e. The first-order valence-corrected chi connectivity index (χ1v) is 9.80.